The summed E-state index contributed by atoms with van der Waals surface area (Å²) in [6.45, 7) is -0.603. The second-order valence-corrected chi connectivity index (χ2v) is 6.40. The molecule has 0 radical (unpaired) electrons. The molecule has 32 heavy (non-hydrogen) atoms. The van der Waals surface area contributed by atoms with E-state index in [-0.39, 0.29) is 18.5 Å². The van der Waals surface area contributed by atoms with Gasteiger partial charge in [0.05, 0.1) is 31.9 Å². The molecule has 0 fully saturated rings. The Morgan fingerprint density at radius 3 is 2.31 bits per heavy atom. The number of alkyl halides is 3. The lowest BCUT2D eigenvalue weighted by Gasteiger charge is -2.12. The van der Waals surface area contributed by atoms with Crippen LogP contribution in [0.2, 0.25) is 0 Å². The molecule has 2 aromatic rings. The number of esters is 1. The number of ether oxygens (including phenoxy) is 3. The number of anilines is 2. The second-order valence-electron chi connectivity index (χ2n) is 6.40. The summed E-state index contributed by atoms with van der Waals surface area (Å²) in [5.74, 6) is -1.29. The maximum absolute atomic E-state index is 12.7. The molecule has 0 saturated heterocycles. The molecule has 11 heteroatoms. The number of halogens is 3. The van der Waals surface area contributed by atoms with Crippen LogP contribution in [0.5, 0.6) is 11.5 Å². The first-order valence-corrected chi connectivity index (χ1v) is 9.27. The first-order valence-electron chi connectivity index (χ1n) is 9.27. The zero-order chi connectivity index (χ0) is 23.7. The van der Waals surface area contributed by atoms with Gasteiger partial charge in [0.1, 0.15) is 11.5 Å². The lowest BCUT2D eigenvalue weighted by molar-refractivity contribution is -0.147. The van der Waals surface area contributed by atoms with Crippen LogP contribution in [0.4, 0.5) is 24.5 Å². The lowest BCUT2D eigenvalue weighted by Crippen LogP contribution is -2.22. The molecule has 0 aliphatic carbocycles. The number of hydrogen-bond acceptors (Lipinski definition) is 6. The van der Waals surface area contributed by atoms with Crippen LogP contribution in [0.3, 0.4) is 0 Å². The van der Waals surface area contributed by atoms with Gasteiger partial charge in [-0.15, -0.1) is 0 Å². The number of methoxy groups -OCH3 is 2. The first kappa shape index (κ1) is 24.5. The van der Waals surface area contributed by atoms with E-state index in [1.807, 2.05) is 0 Å². The maximum atomic E-state index is 12.7. The Balaban J connectivity index is 1.79. The zero-order valence-electron chi connectivity index (χ0n) is 17.2. The van der Waals surface area contributed by atoms with E-state index in [0.29, 0.717) is 17.2 Å². The van der Waals surface area contributed by atoms with E-state index >= 15 is 0 Å². The predicted octanol–water partition coefficient (Wildman–Crippen LogP) is 3.62. The molecule has 0 aliphatic heterocycles. The van der Waals surface area contributed by atoms with Crippen molar-refractivity contribution in [3.63, 3.8) is 0 Å². The van der Waals surface area contributed by atoms with Crippen LogP contribution in [-0.4, -0.2) is 38.6 Å². The average molecular weight is 454 g/mol. The van der Waals surface area contributed by atoms with Crippen LogP contribution in [0.1, 0.15) is 18.4 Å². The standard InChI is InChI=1S/C21H21F3N2O6/c1-30-15-6-7-17(31-2)16(11-15)26-19(28)12-32-20(29)9-8-18(27)25-14-5-3-4-13(10-14)21(22,23)24/h3-7,10-11H,8-9,12H2,1-2H3,(H,25,27)(H,26,28). The van der Waals surface area contributed by atoms with Crippen molar-refractivity contribution in [2.24, 2.45) is 0 Å². The van der Waals surface area contributed by atoms with E-state index < -0.39 is 36.1 Å². The summed E-state index contributed by atoms with van der Waals surface area (Å²) in [6, 6.07) is 8.86. The Labute approximate surface area is 181 Å². The molecule has 2 aromatic carbocycles. The van der Waals surface area contributed by atoms with Gasteiger partial charge in [0.2, 0.25) is 5.91 Å². The minimum Gasteiger partial charge on any atom is -0.497 e. The summed E-state index contributed by atoms with van der Waals surface area (Å²) in [6.07, 6.45) is -5.24. The van der Waals surface area contributed by atoms with Gasteiger partial charge < -0.3 is 24.8 Å². The molecule has 0 heterocycles. The molecule has 8 nitrogen and oxygen atoms in total. The fourth-order valence-corrected chi connectivity index (χ4v) is 2.53. The third-order valence-electron chi connectivity index (χ3n) is 4.07. The monoisotopic (exact) mass is 454 g/mol. The summed E-state index contributed by atoms with van der Waals surface area (Å²) in [5.41, 5.74) is -0.647. The molecule has 0 unspecified atom stereocenters. The smallest absolute Gasteiger partial charge is 0.416 e. The Morgan fingerprint density at radius 2 is 1.66 bits per heavy atom. The fourth-order valence-electron chi connectivity index (χ4n) is 2.53. The molecule has 0 spiro atoms. The number of carbonyl (C=O) groups excluding carboxylic acids is 3. The molecular weight excluding hydrogens is 433 g/mol. The van der Waals surface area contributed by atoms with Gasteiger partial charge in [-0.25, -0.2) is 0 Å². The highest BCUT2D eigenvalue weighted by molar-refractivity contribution is 5.95. The van der Waals surface area contributed by atoms with Crippen molar-refractivity contribution in [1.29, 1.82) is 0 Å². The van der Waals surface area contributed by atoms with Crippen LogP contribution in [-0.2, 0) is 25.3 Å². The number of amides is 2. The van der Waals surface area contributed by atoms with Crippen molar-refractivity contribution in [2.75, 3.05) is 31.5 Å². The van der Waals surface area contributed by atoms with Gasteiger partial charge in [0.25, 0.3) is 5.91 Å². The number of nitrogens with one attached hydrogen (secondary N) is 2. The van der Waals surface area contributed by atoms with Crippen LogP contribution >= 0.6 is 0 Å². The van der Waals surface area contributed by atoms with Gasteiger partial charge >= 0.3 is 12.1 Å². The van der Waals surface area contributed by atoms with Crippen LogP contribution in [0.25, 0.3) is 0 Å². The van der Waals surface area contributed by atoms with Crippen LogP contribution in [0, 0.1) is 0 Å². The first-order chi connectivity index (χ1) is 15.1. The van der Waals surface area contributed by atoms with Gasteiger partial charge in [-0.2, -0.15) is 13.2 Å². The summed E-state index contributed by atoms with van der Waals surface area (Å²) in [4.78, 5) is 35.7. The molecule has 0 bridgehead atoms. The molecule has 0 saturated carbocycles. The van der Waals surface area contributed by atoms with Gasteiger partial charge in [-0.1, -0.05) is 6.07 Å². The Kier molecular flexibility index (Phi) is 8.45. The highest BCUT2D eigenvalue weighted by Gasteiger charge is 2.30. The van der Waals surface area contributed by atoms with Crippen molar-refractivity contribution < 1.29 is 41.8 Å². The molecule has 0 aromatic heterocycles. The molecule has 0 atom stereocenters. The van der Waals surface area contributed by atoms with E-state index in [9.17, 15) is 27.6 Å². The molecule has 2 amide bonds. The van der Waals surface area contributed by atoms with E-state index in [2.05, 4.69) is 10.6 Å². The van der Waals surface area contributed by atoms with Crippen LogP contribution in [0.15, 0.2) is 42.5 Å². The number of hydrogen-bond donors (Lipinski definition) is 2. The van der Waals surface area contributed by atoms with E-state index in [0.717, 1.165) is 18.2 Å². The summed E-state index contributed by atoms with van der Waals surface area (Å²) < 4.78 is 53.1. The Morgan fingerprint density at radius 1 is 0.906 bits per heavy atom. The molecule has 2 rings (SSSR count). The number of carbonyl (C=O) groups is 3. The summed E-state index contributed by atoms with van der Waals surface area (Å²) in [5, 5.41) is 4.79. The fraction of sp³-hybridized carbons (Fsp3) is 0.286. The minimum atomic E-state index is -4.54. The van der Waals surface area contributed by atoms with Gasteiger partial charge in [0, 0.05) is 18.2 Å². The van der Waals surface area contributed by atoms with Crippen molar-refractivity contribution >= 4 is 29.2 Å². The zero-order valence-corrected chi connectivity index (χ0v) is 17.2. The van der Waals surface area contributed by atoms with Gasteiger partial charge in [-0.3, -0.25) is 14.4 Å². The molecule has 2 N–H and O–H groups in total. The third kappa shape index (κ3) is 7.49. The topological polar surface area (TPSA) is 103 Å². The second kappa shape index (κ2) is 11.0. The lowest BCUT2D eigenvalue weighted by atomic mass is 10.2. The predicted molar refractivity (Wildman–Crippen MR) is 108 cm³/mol. The average Bonchev–Trinajstić information content (AvgIpc) is 2.75. The van der Waals surface area contributed by atoms with E-state index in [1.54, 1.807) is 12.1 Å². The maximum Gasteiger partial charge on any atom is 0.416 e. The SMILES string of the molecule is COc1ccc(OC)c(NC(=O)COC(=O)CCC(=O)Nc2cccc(C(F)(F)F)c2)c1. The largest absolute Gasteiger partial charge is 0.497 e. The van der Waals surface area contributed by atoms with Crippen molar-refractivity contribution in [2.45, 2.75) is 19.0 Å². The van der Waals surface area contributed by atoms with Crippen molar-refractivity contribution in [1.82, 2.24) is 0 Å². The Hall–Kier alpha value is -3.76. The minimum absolute atomic E-state index is 0.0511. The molecular formula is C21H21F3N2O6. The molecule has 172 valence electrons. The normalized spacial score (nSPS) is 10.8. The summed E-state index contributed by atoms with van der Waals surface area (Å²) >= 11 is 0. The van der Waals surface area contributed by atoms with Crippen molar-refractivity contribution in [3.05, 3.63) is 48.0 Å². The van der Waals surface area contributed by atoms with E-state index in [1.165, 1.54) is 26.4 Å². The van der Waals surface area contributed by atoms with Crippen LogP contribution < -0.4 is 20.1 Å². The van der Waals surface area contributed by atoms with Gasteiger partial charge in [-0.05, 0) is 30.3 Å². The highest BCUT2D eigenvalue weighted by Crippen LogP contribution is 2.31. The van der Waals surface area contributed by atoms with Gasteiger partial charge in [0.15, 0.2) is 6.61 Å². The highest BCUT2D eigenvalue weighted by atomic mass is 19.4. The number of benzene rings is 2. The molecule has 0 aliphatic rings. The number of rotatable bonds is 9. The van der Waals surface area contributed by atoms with E-state index in [4.69, 9.17) is 14.2 Å². The third-order valence-corrected chi connectivity index (χ3v) is 4.07. The van der Waals surface area contributed by atoms with Crippen molar-refractivity contribution in [3.8, 4) is 11.5 Å². The Bertz CT molecular complexity index is 978. The quantitative estimate of drug-likeness (QED) is 0.561. The summed E-state index contributed by atoms with van der Waals surface area (Å²) in [7, 11) is 2.88.